The minimum Gasteiger partial charge on any atom is -0.461 e. The molecule has 0 bridgehead atoms. The summed E-state index contributed by atoms with van der Waals surface area (Å²) in [6.45, 7) is 12.7. The molecule has 1 saturated heterocycles. The van der Waals surface area contributed by atoms with E-state index in [2.05, 4.69) is 40.7 Å². The zero-order chi connectivity index (χ0) is 18.4. The molecule has 3 rings (SSSR count). The maximum absolute atomic E-state index is 11.9. The van der Waals surface area contributed by atoms with Crippen molar-refractivity contribution in [3.63, 3.8) is 0 Å². The molecular formula is C22H34O3. The van der Waals surface area contributed by atoms with E-state index in [9.17, 15) is 4.79 Å². The van der Waals surface area contributed by atoms with Crippen molar-refractivity contribution in [2.45, 2.75) is 91.5 Å². The zero-order valence-corrected chi connectivity index (χ0v) is 16.7. The van der Waals surface area contributed by atoms with E-state index in [4.69, 9.17) is 9.47 Å². The van der Waals surface area contributed by atoms with Gasteiger partial charge in [0.25, 0.3) is 0 Å². The molecule has 0 saturated carbocycles. The van der Waals surface area contributed by atoms with Crippen LogP contribution in [0.1, 0.15) is 73.6 Å². The van der Waals surface area contributed by atoms with Crippen molar-refractivity contribution in [2.75, 3.05) is 0 Å². The van der Waals surface area contributed by atoms with Gasteiger partial charge in [0.1, 0.15) is 6.10 Å². The standard InChI is InChI=1S/C22H34O3/c1-13-7-11-18(14(2)9-12-19-22(5,6)25-19)21(24-16(4)23)20-15(3)8-10-17(13)20/h8,14,18-21H,7,9-12H2,1-6H3/t14-,18+,19?,20-,21-/m1/s1. The van der Waals surface area contributed by atoms with Crippen LogP contribution >= 0.6 is 0 Å². The number of carbonyl (C=O) groups excluding carboxylic acids is 1. The van der Waals surface area contributed by atoms with Crippen molar-refractivity contribution in [3.05, 3.63) is 22.8 Å². The van der Waals surface area contributed by atoms with E-state index in [-0.39, 0.29) is 17.7 Å². The Morgan fingerprint density at radius 1 is 1.40 bits per heavy atom. The van der Waals surface area contributed by atoms with Crippen molar-refractivity contribution < 1.29 is 14.3 Å². The molecule has 140 valence electrons. The third-order valence-electron chi connectivity index (χ3n) is 6.74. The molecule has 1 unspecified atom stereocenters. The molecular weight excluding hydrogens is 312 g/mol. The molecule has 3 nitrogen and oxygen atoms in total. The van der Waals surface area contributed by atoms with Crippen LogP contribution < -0.4 is 0 Å². The second-order valence-electron chi connectivity index (χ2n) is 8.98. The summed E-state index contributed by atoms with van der Waals surface area (Å²) >= 11 is 0. The van der Waals surface area contributed by atoms with E-state index < -0.39 is 0 Å². The van der Waals surface area contributed by atoms with Gasteiger partial charge in [-0.15, -0.1) is 0 Å². The highest BCUT2D eigenvalue weighted by Gasteiger charge is 2.48. The Morgan fingerprint density at radius 3 is 2.68 bits per heavy atom. The van der Waals surface area contributed by atoms with Gasteiger partial charge >= 0.3 is 5.97 Å². The normalized spacial score (nSPS) is 34.9. The predicted molar refractivity (Wildman–Crippen MR) is 100 cm³/mol. The van der Waals surface area contributed by atoms with Crippen LogP contribution in [0.5, 0.6) is 0 Å². The van der Waals surface area contributed by atoms with Gasteiger partial charge in [0.05, 0.1) is 11.7 Å². The van der Waals surface area contributed by atoms with Gasteiger partial charge in [-0.1, -0.05) is 29.7 Å². The number of esters is 1. The van der Waals surface area contributed by atoms with Gasteiger partial charge in [-0.2, -0.15) is 0 Å². The maximum atomic E-state index is 11.9. The van der Waals surface area contributed by atoms with E-state index in [0.29, 0.717) is 23.9 Å². The van der Waals surface area contributed by atoms with Crippen LogP contribution in [0.15, 0.2) is 22.8 Å². The lowest BCUT2D eigenvalue weighted by molar-refractivity contribution is -0.152. The molecule has 0 amide bonds. The average Bonchev–Trinajstić information content (AvgIpc) is 2.99. The first-order valence-corrected chi connectivity index (χ1v) is 9.91. The van der Waals surface area contributed by atoms with E-state index in [0.717, 1.165) is 32.1 Å². The third kappa shape index (κ3) is 3.86. The fourth-order valence-electron chi connectivity index (χ4n) is 4.97. The quantitative estimate of drug-likeness (QED) is 0.390. The lowest BCUT2D eigenvalue weighted by Gasteiger charge is -2.35. The largest absolute Gasteiger partial charge is 0.461 e. The molecule has 5 atom stereocenters. The molecule has 0 N–H and O–H groups in total. The molecule has 0 radical (unpaired) electrons. The van der Waals surface area contributed by atoms with Gasteiger partial charge in [0.15, 0.2) is 0 Å². The number of hydrogen-bond acceptors (Lipinski definition) is 3. The second kappa shape index (κ2) is 6.90. The fraction of sp³-hybridized carbons (Fsp3) is 0.773. The van der Waals surface area contributed by atoms with Crippen molar-refractivity contribution in [2.24, 2.45) is 17.8 Å². The SMILES string of the molecule is CC(=O)O[C@H]1[C@@H]2C(C)=CCC2=C(C)CC[C@H]1[C@H](C)CCC1OC1(C)C. The number of epoxide rings is 1. The van der Waals surface area contributed by atoms with Crippen molar-refractivity contribution in [3.8, 4) is 0 Å². The summed E-state index contributed by atoms with van der Waals surface area (Å²) < 4.78 is 11.7. The molecule has 1 fully saturated rings. The van der Waals surface area contributed by atoms with Gasteiger partial charge in [-0.25, -0.2) is 0 Å². The highest BCUT2D eigenvalue weighted by atomic mass is 16.6. The monoisotopic (exact) mass is 346 g/mol. The smallest absolute Gasteiger partial charge is 0.302 e. The molecule has 1 heterocycles. The first-order valence-electron chi connectivity index (χ1n) is 9.91. The summed E-state index contributed by atoms with van der Waals surface area (Å²) in [5.41, 5.74) is 4.46. The Hall–Kier alpha value is -1.09. The van der Waals surface area contributed by atoms with Gasteiger partial charge in [-0.3, -0.25) is 4.79 Å². The predicted octanol–water partition coefficient (Wildman–Crippen LogP) is 5.20. The number of allylic oxidation sites excluding steroid dienone is 2. The molecule has 1 aliphatic heterocycles. The first-order chi connectivity index (χ1) is 11.7. The number of ether oxygens (including phenoxy) is 2. The second-order valence-corrected chi connectivity index (χ2v) is 8.98. The van der Waals surface area contributed by atoms with E-state index >= 15 is 0 Å². The van der Waals surface area contributed by atoms with Crippen LogP contribution in [0.2, 0.25) is 0 Å². The zero-order valence-electron chi connectivity index (χ0n) is 16.7. The molecule has 3 heteroatoms. The van der Waals surface area contributed by atoms with E-state index in [1.165, 1.54) is 16.7 Å². The number of fused-ring (bicyclic) bond motifs is 1. The summed E-state index contributed by atoms with van der Waals surface area (Å²) in [5.74, 6) is 1.11. The Kier molecular flexibility index (Phi) is 5.16. The lowest BCUT2D eigenvalue weighted by Crippen LogP contribution is -2.36. The van der Waals surface area contributed by atoms with Gasteiger partial charge in [0, 0.05) is 12.8 Å². The number of hydrogen-bond donors (Lipinski definition) is 0. The summed E-state index contributed by atoms with van der Waals surface area (Å²) in [6, 6.07) is 0. The van der Waals surface area contributed by atoms with Crippen LogP contribution in [0.25, 0.3) is 0 Å². The maximum Gasteiger partial charge on any atom is 0.302 e. The van der Waals surface area contributed by atoms with E-state index in [1.807, 2.05) is 0 Å². The molecule has 2 aliphatic carbocycles. The third-order valence-corrected chi connectivity index (χ3v) is 6.74. The topological polar surface area (TPSA) is 38.8 Å². The van der Waals surface area contributed by atoms with E-state index in [1.54, 1.807) is 6.92 Å². The lowest BCUT2D eigenvalue weighted by atomic mass is 9.76. The van der Waals surface area contributed by atoms with Crippen LogP contribution in [0.4, 0.5) is 0 Å². The molecule has 3 aliphatic rings. The fourth-order valence-corrected chi connectivity index (χ4v) is 4.97. The summed E-state index contributed by atoms with van der Waals surface area (Å²) in [6.07, 6.45) is 8.25. The number of carbonyl (C=O) groups is 1. The Labute approximate surface area is 152 Å². The van der Waals surface area contributed by atoms with Crippen LogP contribution in [-0.2, 0) is 14.3 Å². The molecule has 0 aromatic heterocycles. The average molecular weight is 347 g/mol. The summed E-state index contributed by atoms with van der Waals surface area (Å²) in [4.78, 5) is 11.9. The highest BCUT2D eigenvalue weighted by molar-refractivity contribution is 5.66. The van der Waals surface area contributed by atoms with Crippen LogP contribution in [0.3, 0.4) is 0 Å². The molecule has 0 aromatic rings. The molecule has 25 heavy (non-hydrogen) atoms. The van der Waals surface area contributed by atoms with Crippen molar-refractivity contribution in [1.29, 1.82) is 0 Å². The van der Waals surface area contributed by atoms with Crippen molar-refractivity contribution in [1.82, 2.24) is 0 Å². The minimum absolute atomic E-state index is 0.00756. The van der Waals surface area contributed by atoms with Crippen LogP contribution in [-0.4, -0.2) is 23.8 Å². The van der Waals surface area contributed by atoms with Gasteiger partial charge in [-0.05, 0) is 71.6 Å². The Morgan fingerprint density at radius 2 is 2.08 bits per heavy atom. The minimum atomic E-state index is -0.146. The molecule has 0 spiro atoms. The Bertz CT molecular complexity index is 598. The summed E-state index contributed by atoms with van der Waals surface area (Å²) in [5, 5.41) is 0. The highest BCUT2D eigenvalue weighted by Crippen LogP contribution is 2.47. The summed E-state index contributed by atoms with van der Waals surface area (Å²) in [7, 11) is 0. The van der Waals surface area contributed by atoms with Gasteiger partial charge < -0.3 is 9.47 Å². The molecule has 0 aromatic carbocycles. The van der Waals surface area contributed by atoms with Crippen molar-refractivity contribution >= 4 is 5.97 Å². The first kappa shape index (κ1) is 18.7. The Balaban J connectivity index is 1.76. The number of rotatable bonds is 5. The van der Waals surface area contributed by atoms with Gasteiger partial charge in [0.2, 0.25) is 0 Å². The van der Waals surface area contributed by atoms with Crippen LogP contribution in [0, 0.1) is 17.8 Å².